The fraction of sp³-hybridized carbons (Fsp3) is 0.278. The van der Waals surface area contributed by atoms with Gasteiger partial charge in [-0.3, -0.25) is 9.69 Å². The third-order valence-electron chi connectivity index (χ3n) is 4.24. The molecular formula is C18H21Cl2N3O. The van der Waals surface area contributed by atoms with E-state index in [0.29, 0.717) is 5.56 Å². The van der Waals surface area contributed by atoms with Crippen LogP contribution in [0.1, 0.15) is 27.5 Å². The monoisotopic (exact) mass is 365 g/mol. The van der Waals surface area contributed by atoms with E-state index in [0.717, 1.165) is 42.3 Å². The lowest BCUT2D eigenvalue weighted by atomic mass is 10.0. The van der Waals surface area contributed by atoms with Gasteiger partial charge in [0.1, 0.15) is 0 Å². The summed E-state index contributed by atoms with van der Waals surface area (Å²) in [5.74, 6) is -0.396. The third-order valence-corrected chi connectivity index (χ3v) is 4.59. The first-order valence-corrected chi connectivity index (χ1v) is 8.11. The van der Waals surface area contributed by atoms with Crippen LogP contribution in [0.2, 0.25) is 5.02 Å². The van der Waals surface area contributed by atoms with Crippen LogP contribution in [0.5, 0.6) is 0 Å². The summed E-state index contributed by atoms with van der Waals surface area (Å²) in [7, 11) is 0. The Morgan fingerprint density at radius 2 is 1.92 bits per heavy atom. The number of halogens is 2. The second-order valence-electron chi connectivity index (χ2n) is 5.77. The van der Waals surface area contributed by atoms with E-state index in [1.54, 1.807) is 12.1 Å². The van der Waals surface area contributed by atoms with Gasteiger partial charge in [-0.05, 0) is 29.3 Å². The van der Waals surface area contributed by atoms with Crippen molar-refractivity contribution in [2.45, 2.75) is 12.6 Å². The predicted molar refractivity (Wildman–Crippen MR) is 99.7 cm³/mol. The molecule has 24 heavy (non-hydrogen) atoms. The van der Waals surface area contributed by atoms with E-state index < -0.39 is 5.91 Å². The molecule has 1 heterocycles. The summed E-state index contributed by atoms with van der Waals surface area (Å²) in [6.07, 6.45) is 0. The molecule has 0 bridgehead atoms. The minimum Gasteiger partial charge on any atom is -0.366 e. The Morgan fingerprint density at radius 3 is 2.58 bits per heavy atom. The molecule has 1 saturated heterocycles. The number of hydrogen-bond donors (Lipinski definition) is 2. The zero-order valence-electron chi connectivity index (χ0n) is 13.2. The van der Waals surface area contributed by atoms with E-state index in [-0.39, 0.29) is 18.4 Å². The first kappa shape index (κ1) is 18.7. The number of rotatable bonds is 4. The van der Waals surface area contributed by atoms with Crippen molar-refractivity contribution < 1.29 is 4.79 Å². The summed E-state index contributed by atoms with van der Waals surface area (Å²) in [5, 5.41) is 4.24. The van der Waals surface area contributed by atoms with Crippen molar-refractivity contribution in [3.63, 3.8) is 0 Å². The fourth-order valence-electron chi connectivity index (χ4n) is 3.00. The number of carbonyl (C=O) groups is 1. The van der Waals surface area contributed by atoms with Crippen LogP contribution in [-0.4, -0.2) is 30.4 Å². The summed E-state index contributed by atoms with van der Waals surface area (Å²) >= 11 is 6.38. The summed E-state index contributed by atoms with van der Waals surface area (Å²) < 4.78 is 0. The van der Waals surface area contributed by atoms with Gasteiger partial charge in [0.2, 0.25) is 5.91 Å². The maximum atomic E-state index is 11.2. The quantitative estimate of drug-likeness (QED) is 0.875. The number of benzene rings is 2. The first-order chi connectivity index (χ1) is 11.1. The maximum Gasteiger partial charge on any atom is 0.248 e. The second kappa shape index (κ2) is 8.49. The van der Waals surface area contributed by atoms with E-state index in [1.165, 1.54) is 0 Å². The van der Waals surface area contributed by atoms with Crippen molar-refractivity contribution in [2.75, 3.05) is 19.6 Å². The molecule has 1 amide bonds. The molecule has 128 valence electrons. The number of hydrogen-bond acceptors (Lipinski definition) is 3. The molecule has 6 heteroatoms. The summed E-state index contributed by atoms with van der Waals surface area (Å²) in [6.45, 7) is 3.60. The van der Waals surface area contributed by atoms with Gasteiger partial charge in [-0.1, -0.05) is 41.9 Å². The van der Waals surface area contributed by atoms with E-state index in [4.69, 9.17) is 17.3 Å². The number of nitrogens with one attached hydrogen (secondary N) is 1. The topological polar surface area (TPSA) is 58.4 Å². The molecule has 2 aromatic rings. The van der Waals surface area contributed by atoms with Crippen LogP contribution in [0.4, 0.5) is 0 Å². The van der Waals surface area contributed by atoms with Crippen LogP contribution >= 0.6 is 24.0 Å². The lowest BCUT2D eigenvalue weighted by Gasteiger charge is -2.37. The Labute approximate surface area is 153 Å². The van der Waals surface area contributed by atoms with Gasteiger partial charge in [-0.15, -0.1) is 12.4 Å². The zero-order valence-corrected chi connectivity index (χ0v) is 14.8. The maximum absolute atomic E-state index is 11.2. The number of nitrogens with zero attached hydrogens (tertiary/aromatic N) is 1. The highest BCUT2D eigenvalue weighted by atomic mass is 35.5. The first-order valence-electron chi connectivity index (χ1n) is 7.73. The molecule has 0 radical (unpaired) electrons. The average Bonchev–Trinajstić information content (AvgIpc) is 2.56. The molecule has 0 aliphatic carbocycles. The molecule has 0 saturated carbocycles. The van der Waals surface area contributed by atoms with Gasteiger partial charge in [0.25, 0.3) is 0 Å². The van der Waals surface area contributed by atoms with Crippen molar-refractivity contribution >= 4 is 29.9 Å². The van der Waals surface area contributed by atoms with Gasteiger partial charge in [0.05, 0.1) is 0 Å². The van der Waals surface area contributed by atoms with Gasteiger partial charge in [-0.2, -0.15) is 0 Å². The minimum atomic E-state index is -0.396. The molecule has 1 unspecified atom stereocenters. The molecule has 0 aromatic heterocycles. The van der Waals surface area contributed by atoms with Crippen LogP contribution in [-0.2, 0) is 6.54 Å². The van der Waals surface area contributed by atoms with Crippen LogP contribution in [0, 0.1) is 0 Å². The Kier molecular flexibility index (Phi) is 6.63. The third kappa shape index (κ3) is 4.28. The van der Waals surface area contributed by atoms with Crippen molar-refractivity contribution in [3.05, 3.63) is 70.2 Å². The highest BCUT2D eigenvalue weighted by molar-refractivity contribution is 6.31. The average molecular weight is 366 g/mol. The van der Waals surface area contributed by atoms with Crippen LogP contribution in [0.3, 0.4) is 0 Å². The SMILES string of the molecule is Cl.NC(=O)c1ccc(CN2CCNCC2c2ccccc2Cl)cc1. The lowest BCUT2D eigenvalue weighted by molar-refractivity contribution is 0.1000. The van der Waals surface area contributed by atoms with Gasteiger partial charge in [0, 0.05) is 42.8 Å². The van der Waals surface area contributed by atoms with Gasteiger partial charge < -0.3 is 11.1 Å². The Balaban J connectivity index is 0.00000208. The molecule has 2 aromatic carbocycles. The molecular weight excluding hydrogens is 345 g/mol. The summed E-state index contributed by atoms with van der Waals surface area (Å²) in [5.41, 5.74) is 8.14. The molecule has 1 aliphatic heterocycles. The molecule has 1 atom stereocenters. The number of nitrogens with two attached hydrogens (primary N) is 1. The highest BCUT2D eigenvalue weighted by Gasteiger charge is 2.25. The molecule has 1 fully saturated rings. The van der Waals surface area contributed by atoms with Crippen LogP contribution < -0.4 is 11.1 Å². The molecule has 1 aliphatic rings. The summed E-state index contributed by atoms with van der Waals surface area (Å²) in [4.78, 5) is 13.6. The van der Waals surface area contributed by atoms with E-state index in [2.05, 4.69) is 16.3 Å². The molecule has 4 nitrogen and oxygen atoms in total. The van der Waals surface area contributed by atoms with Crippen LogP contribution in [0.25, 0.3) is 0 Å². The second-order valence-corrected chi connectivity index (χ2v) is 6.18. The van der Waals surface area contributed by atoms with Crippen molar-refractivity contribution in [1.29, 1.82) is 0 Å². The van der Waals surface area contributed by atoms with Gasteiger partial charge in [-0.25, -0.2) is 0 Å². The minimum absolute atomic E-state index is 0. The lowest BCUT2D eigenvalue weighted by Crippen LogP contribution is -2.45. The highest BCUT2D eigenvalue weighted by Crippen LogP contribution is 2.29. The number of carbonyl (C=O) groups excluding carboxylic acids is 1. The van der Waals surface area contributed by atoms with E-state index in [9.17, 15) is 4.79 Å². The number of primary amides is 1. The number of amides is 1. The smallest absolute Gasteiger partial charge is 0.248 e. The number of piperazine rings is 1. The Bertz CT molecular complexity index is 691. The van der Waals surface area contributed by atoms with Crippen molar-refractivity contribution in [1.82, 2.24) is 10.2 Å². The van der Waals surface area contributed by atoms with E-state index >= 15 is 0 Å². The normalized spacial score (nSPS) is 18.0. The van der Waals surface area contributed by atoms with Gasteiger partial charge >= 0.3 is 0 Å². The largest absolute Gasteiger partial charge is 0.366 e. The fourth-order valence-corrected chi connectivity index (χ4v) is 3.26. The standard InChI is InChI=1S/C18H20ClN3O.ClH/c19-16-4-2-1-3-15(16)17-11-21-9-10-22(17)12-13-5-7-14(8-6-13)18(20)23;/h1-8,17,21H,9-12H2,(H2,20,23);1H. The van der Waals surface area contributed by atoms with Gasteiger partial charge in [0.15, 0.2) is 0 Å². The Morgan fingerprint density at radius 1 is 1.21 bits per heavy atom. The van der Waals surface area contributed by atoms with Crippen molar-refractivity contribution in [2.24, 2.45) is 5.73 Å². The van der Waals surface area contributed by atoms with Crippen molar-refractivity contribution in [3.8, 4) is 0 Å². The Hall–Kier alpha value is -1.59. The summed E-state index contributed by atoms with van der Waals surface area (Å²) in [6, 6.07) is 15.7. The molecule has 0 spiro atoms. The zero-order chi connectivity index (χ0) is 16.2. The van der Waals surface area contributed by atoms with E-state index in [1.807, 2.05) is 30.3 Å². The molecule has 3 N–H and O–H groups in total. The predicted octanol–water partition coefficient (Wildman–Crippen LogP) is 3.01. The molecule has 3 rings (SSSR count). The van der Waals surface area contributed by atoms with Crippen LogP contribution in [0.15, 0.2) is 48.5 Å².